The summed E-state index contributed by atoms with van der Waals surface area (Å²) in [5.74, 6) is -1.14. The molecule has 0 aliphatic heterocycles. The second-order valence-corrected chi connectivity index (χ2v) is 1.39. The summed E-state index contributed by atoms with van der Waals surface area (Å²) in [6.07, 6.45) is 1.22. The highest BCUT2D eigenvalue weighted by molar-refractivity contribution is 7.81. The highest BCUT2D eigenvalue weighted by Crippen LogP contribution is 1.69. The smallest absolute Gasteiger partial charge is 0.363 e. The van der Waals surface area contributed by atoms with Crippen LogP contribution in [0.1, 0.15) is 0 Å². The molecule has 0 heterocycles. The number of hydrogen-bond donors (Lipinski definition) is 2. The minimum Gasteiger partial charge on any atom is -0.476 e. The number of thiocarbonyl (C=S) groups is 1. The molecular weight excluding hydrogens is 126 g/mol. The zero-order chi connectivity index (χ0) is 6.57. The SMILES string of the molecule is C=CNC(=S)C(=O)O. The molecule has 0 rings (SSSR count). The van der Waals surface area contributed by atoms with E-state index in [1.807, 2.05) is 0 Å². The average Bonchev–Trinajstić information content (AvgIpc) is 1.67. The predicted octanol–water partition coefficient (Wildman–Crippen LogP) is 0.131. The van der Waals surface area contributed by atoms with Crippen LogP contribution in [0.3, 0.4) is 0 Å². The van der Waals surface area contributed by atoms with Gasteiger partial charge in [-0.1, -0.05) is 18.8 Å². The molecule has 0 unspecified atom stereocenters. The summed E-state index contributed by atoms with van der Waals surface area (Å²) in [5.41, 5.74) is 0. The number of carboxylic acids is 1. The molecule has 0 spiro atoms. The molecule has 2 N–H and O–H groups in total. The topological polar surface area (TPSA) is 49.3 Å². The number of carbonyl (C=O) groups is 1. The third-order valence-electron chi connectivity index (χ3n) is 0.427. The molecule has 0 aliphatic carbocycles. The molecule has 8 heavy (non-hydrogen) atoms. The molecule has 0 radical (unpaired) electrons. The molecule has 0 aliphatic rings. The van der Waals surface area contributed by atoms with Gasteiger partial charge in [-0.15, -0.1) is 0 Å². The number of nitrogens with one attached hydrogen (secondary N) is 1. The van der Waals surface area contributed by atoms with Gasteiger partial charge in [-0.05, 0) is 6.20 Å². The highest BCUT2D eigenvalue weighted by atomic mass is 32.1. The Morgan fingerprint density at radius 3 is 2.50 bits per heavy atom. The van der Waals surface area contributed by atoms with E-state index in [0.717, 1.165) is 0 Å². The number of carboxylic acid groups (broad SMARTS) is 1. The molecule has 0 atom stereocenters. The van der Waals surface area contributed by atoms with Crippen LogP contribution in [0.4, 0.5) is 0 Å². The molecule has 0 bridgehead atoms. The van der Waals surface area contributed by atoms with E-state index in [4.69, 9.17) is 5.11 Å². The molecular formula is C4H5NO2S. The summed E-state index contributed by atoms with van der Waals surface area (Å²) in [7, 11) is 0. The van der Waals surface area contributed by atoms with E-state index >= 15 is 0 Å². The van der Waals surface area contributed by atoms with Crippen molar-refractivity contribution in [1.29, 1.82) is 0 Å². The minimum atomic E-state index is -1.14. The van der Waals surface area contributed by atoms with Crippen molar-refractivity contribution in [3.8, 4) is 0 Å². The zero-order valence-corrected chi connectivity index (χ0v) is 4.86. The Balaban J connectivity index is 3.65. The summed E-state index contributed by atoms with van der Waals surface area (Å²) >= 11 is 4.30. The van der Waals surface area contributed by atoms with E-state index in [2.05, 4.69) is 24.1 Å². The monoisotopic (exact) mass is 131 g/mol. The van der Waals surface area contributed by atoms with Gasteiger partial charge in [0.05, 0.1) is 0 Å². The van der Waals surface area contributed by atoms with E-state index in [1.54, 1.807) is 0 Å². The van der Waals surface area contributed by atoms with Crippen molar-refractivity contribution in [2.75, 3.05) is 0 Å². The van der Waals surface area contributed by atoms with E-state index in [0.29, 0.717) is 0 Å². The van der Waals surface area contributed by atoms with Crippen LogP contribution < -0.4 is 5.32 Å². The summed E-state index contributed by atoms with van der Waals surface area (Å²) in [5, 5.41) is 10.3. The molecule has 0 saturated heterocycles. The fourth-order valence-corrected chi connectivity index (χ4v) is 0.238. The first-order valence-electron chi connectivity index (χ1n) is 1.83. The van der Waals surface area contributed by atoms with Crippen molar-refractivity contribution in [2.45, 2.75) is 0 Å². The lowest BCUT2D eigenvalue weighted by Gasteiger charge is -1.91. The lowest BCUT2D eigenvalue weighted by atomic mass is 10.6. The maximum atomic E-state index is 9.84. The number of aliphatic carboxylic acids is 1. The van der Waals surface area contributed by atoms with Crippen molar-refractivity contribution in [3.05, 3.63) is 12.8 Å². The van der Waals surface area contributed by atoms with Crippen LogP contribution in [0.15, 0.2) is 12.8 Å². The maximum Gasteiger partial charge on any atom is 0.363 e. The lowest BCUT2D eigenvalue weighted by molar-refractivity contribution is -0.129. The molecule has 0 aromatic rings. The molecule has 0 aromatic heterocycles. The second-order valence-electron chi connectivity index (χ2n) is 0.983. The molecule has 44 valence electrons. The molecule has 0 amide bonds. The fourth-order valence-electron chi connectivity index (χ4n) is 0.154. The van der Waals surface area contributed by atoms with Gasteiger partial charge in [0.15, 0.2) is 4.99 Å². The molecule has 3 nitrogen and oxygen atoms in total. The van der Waals surface area contributed by atoms with Crippen LogP contribution in [0.2, 0.25) is 0 Å². The van der Waals surface area contributed by atoms with Crippen LogP contribution in [-0.4, -0.2) is 16.1 Å². The summed E-state index contributed by atoms with van der Waals surface area (Å²) in [6.45, 7) is 3.22. The Morgan fingerprint density at radius 2 is 2.38 bits per heavy atom. The van der Waals surface area contributed by atoms with E-state index in [9.17, 15) is 4.79 Å². The summed E-state index contributed by atoms with van der Waals surface area (Å²) in [4.78, 5) is 9.60. The first-order chi connectivity index (χ1) is 3.68. The third-order valence-corrected chi connectivity index (χ3v) is 0.720. The Morgan fingerprint density at radius 1 is 1.88 bits per heavy atom. The van der Waals surface area contributed by atoms with E-state index in [-0.39, 0.29) is 4.99 Å². The van der Waals surface area contributed by atoms with Crippen LogP contribution in [0, 0.1) is 0 Å². The Labute approximate surface area is 52.0 Å². The van der Waals surface area contributed by atoms with E-state index in [1.165, 1.54) is 6.20 Å². The van der Waals surface area contributed by atoms with E-state index < -0.39 is 5.97 Å². The van der Waals surface area contributed by atoms with Gasteiger partial charge < -0.3 is 10.4 Å². The van der Waals surface area contributed by atoms with Crippen molar-refractivity contribution >= 4 is 23.2 Å². The predicted molar refractivity (Wildman–Crippen MR) is 33.6 cm³/mol. The number of rotatable bonds is 1. The molecule has 0 fully saturated rings. The standard InChI is InChI=1S/C4H5NO2S/c1-2-5-3(8)4(6)7/h2H,1H2,(H,5,8)(H,6,7). The largest absolute Gasteiger partial charge is 0.476 e. The van der Waals surface area contributed by atoms with Crippen LogP contribution >= 0.6 is 12.2 Å². The van der Waals surface area contributed by atoms with Crippen LogP contribution in [0.25, 0.3) is 0 Å². The maximum absolute atomic E-state index is 9.84. The number of hydrogen-bond acceptors (Lipinski definition) is 2. The molecule has 0 aromatic carbocycles. The van der Waals surface area contributed by atoms with Gasteiger partial charge in [-0.3, -0.25) is 0 Å². The van der Waals surface area contributed by atoms with Gasteiger partial charge in [0, 0.05) is 0 Å². The third kappa shape index (κ3) is 2.30. The normalized spacial score (nSPS) is 7.50. The lowest BCUT2D eigenvalue weighted by Crippen LogP contribution is -2.23. The first kappa shape index (κ1) is 7.10. The zero-order valence-electron chi connectivity index (χ0n) is 4.05. The van der Waals surface area contributed by atoms with Gasteiger partial charge in [-0.25, -0.2) is 4.79 Å². The van der Waals surface area contributed by atoms with Crippen molar-refractivity contribution < 1.29 is 9.90 Å². The van der Waals surface area contributed by atoms with Crippen molar-refractivity contribution in [2.24, 2.45) is 0 Å². The minimum absolute atomic E-state index is 0.236. The molecule has 4 heteroatoms. The van der Waals surface area contributed by atoms with Crippen molar-refractivity contribution in [1.82, 2.24) is 5.32 Å². The van der Waals surface area contributed by atoms with Crippen molar-refractivity contribution in [3.63, 3.8) is 0 Å². The Bertz CT molecular complexity index is 132. The highest BCUT2D eigenvalue weighted by Gasteiger charge is 2.00. The Kier molecular flexibility index (Phi) is 2.79. The van der Waals surface area contributed by atoms with Gasteiger partial charge in [0.25, 0.3) is 0 Å². The summed E-state index contributed by atoms with van der Waals surface area (Å²) < 4.78 is 0. The van der Waals surface area contributed by atoms with Gasteiger partial charge in [0.2, 0.25) is 0 Å². The van der Waals surface area contributed by atoms with Gasteiger partial charge in [0.1, 0.15) is 0 Å². The Hall–Kier alpha value is -0.900. The second kappa shape index (κ2) is 3.15. The molecule has 0 saturated carbocycles. The summed E-state index contributed by atoms with van der Waals surface area (Å²) in [6, 6.07) is 0. The van der Waals surface area contributed by atoms with Crippen LogP contribution in [0.5, 0.6) is 0 Å². The van der Waals surface area contributed by atoms with Gasteiger partial charge >= 0.3 is 5.97 Å². The van der Waals surface area contributed by atoms with Crippen LogP contribution in [-0.2, 0) is 4.79 Å². The fraction of sp³-hybridized carbons (Fsp3) is 0. The first-order valence-corrected chi connectivity index (χ1v) is 2.24. The van der Waals surface area contributed by atoms with Gasteiger partial charge in [-0.2, -0.15) is 0 Å². The quantitative estimate of drug-likeness (QED) is 0.497. The average molecular weight is 131 g/mol.